The van der Waals surface area contributed by atoms with Crippen LogP contribution in [0.5, 0.6) is 5.75 Å². The molecule has 1 N–H and O–H groups in total. The molecule has 0 radical (unpaired) electrons. The standard InChI is InChI=1S/C18H19N7O2S/c26-15-6-4-14(5-7-15)25-18(20-21-22-25)28-13-17(27)24-11-9-23(10-12-24)16-3-1-2-8-19-16/h1-8,26H,9-13H2. The molecule has 1 saturated heterocycles. The summed E-state index contributed by atoms with van der Waals surface area (Å²) >= 11 is 1.30. The summed E-state index contributed by atoms with van der Waals surface area (Å²) in [5.74, 6) is 1.44. The van der Waals surface area contributed by atoms with Crippen molar-refractivity contribution in [1.29, 1.82) is 0 Å². The second-order valence-electron chi connectivity index (χ2n) is 6.23. The smallest absolute Gasteiger partial charge is 0.233 e. The van der Waals surface area contributed by atoms with E-state index < -0.39 is 0 Å². The van der Waals surface area contributed by atoms with Crippen LogP contribution in [0, 0.1) is 0 Å². The first-order valence-electron chi connectivity index (χ1n) is 8.85. The van der Waals surface area contributed by atoms with Gasteiger partial charge in [-0.3, -0.25) is 4.79 Å². The number of hydrogen-bond acceptors (Lipinski definition) is 8. The van der Waals surface area contributed by atoms with E-state index >= 15 is 0 Å². The summed E-state index contributed by atoms with van der Waals surface area (Å²) in [6.45, 7) is 2.86. The summed E-state index contributed by atoms with van der Waals surface area (Å²) in [4.78, 5) is 21.0. The molecule has 0 aliphatic carbocycles. The van der Waals surface area contributed by atoms with Gasteiger partial charge in [-0.25, -0.2) is 4.98 Å². The number of amides is 1. The van der Waals surface area contributed by atoms with Crippen LogP contribution in [0.15, 0.2) is 53.8 Å². The van der Waals surface area contributed by atoms with E-state index in [1.807, 2.05) is 23.1 Å². The average molecular weight is 397 g/mol. The van der Waals surface area contributed by atoms with Crippen LogP contribution in [0.3, 0.4) is 0 Å². The van der Waals surface area contributed by atoms with E-state index in [2.05, 4.69) is 25.4 Å². The van der Waals surface area contributed by atoms with Gasteiger partial charge in [-0.15, -0.1) is 5.10 Å². The number of hydrogen-bond donors (Lipinski definition) is 1. The maximum atomic E-state index is 12.6. The zero-order valence-electron chi connectivity index (χ0n) is 15.0. The molecule has 3 aromatic rings. The molecule has 0 bridgehead atoms. The molecule has 2 aromatic heterocycles. The number of phenolic OH excluding ortho intramolecular Hbond substituents is 1. The van der Waals surface area contributed by atoms with Crippen molar-refractivity contribution >= 4 is 23.5 Å². The number of thioether (sulfide) groups is 1. The van der Waals surface area contributed by atoms with Gasteiger partial charge in [0.15, 0.2) is 0 Å². The Bertz CT molecular complexity index is 925. The number of pyridine rings is 1. The summed E-state index contributed by atoms with van der Waals surface area (Å²) in [6.07, 6.45) is 1.78. The Morgan fingerprint density at radius 3 is 2.57 bits per heavy atom. The molecule has 1 aliphatic rings. The van der Waals surface area contributed by atoms with Crippen molar-refractivity contribution in [3.63, 3.8) is 0 Å². The minimum atomic E-state index is 0.0610. The number of carbonyl (C=O) groups excluding carboxylic acids is 1. The highest BCUT2D eigenvalue weighted by Gasteiger charge is 2.22. The lowest BCUT2D eigenvalue weighted by Crippen LogP contribution is -2.49. The number of phenols is 1. The predicted octanol–water partition coefficient (Wildman–Crippen LogP) is 1.20. The van der Waals surface area contributed by atoms with Gasteiger partial charge in [0.1, 0.15) is 11.6 Å². The van der Waals surface area contributed by atoms with Gasteiger partial charge in [-0.1, -0.05) is 17.8 Å². The first-order chi connectivity index (χ1) is 13.7. The number of rotatable bonds is 5. The quantitative estimate of drug-likeness (QED) is 0.641. The first kappa shape index (κ1) is 18.2. The van der Waals surface area contributed by atoms with Crippen LogP contribution in [0.4, 0.5) is 5.82 Å². The first-order valence-corrected chi connectivity index (χ1v) is 9.83. The number of aromatic hydroxyl groups is 1. The highest BCUT2D eigenvalue weighted by Crippen LogP contribution is 2.21. The zero-order valence-corrected chi connectivity index (χ0v) is 15.9. The molecule has 10 heteroatoms. The Balaban J connectivity index is 1.32. The SMILES string of the molecule is O=C(CSc1nnnn1-c1ccc(O)cc1)N1CCN(c2ccccn2)CC1. The average Bonchev–Trinajstić information content (AvgIpc) is 3.22. The zero-order chi connectivity index (χ0) is 19.3. The van der Waals surface area contributed by atoms with Crippen molar-refractivity contribution in [3.05, 3.63) is 48.7 Å². The number of benzene rings is 1. The molecule has 3 heterocycles. The number of nitrogens with zero attached hydrogens (tertiary/aromatic N) is 7. The summed E-state index contributed by atoms with van der Waals surface area (Å²) < 4.78 is 1.55. The molecule has 0 spiro atoms. The van der Waals surface area contributed by atoms with E-state index in [0.717, 1.165) is 24.6 Å². The van der Waals surface area contributed by atoms with Gasteiger partial charge < -0.3 is 14.9 Å². The van der Waals surface area contributed by atoms with Crippen LogP contribution in [0.2, 0.25) is 0 Å². The van der Waals surface area contributed by atoms with Crippen molar-refractivity contribution in [2.75, 3.05) is 36.8 Å². The summed E-state index contributed by atoms with van der Waals surface area (Å²) in [7, 11) is 0. The van der Waals surface area contributed by atoms with Crippen molar-refractivity contribution in [2.45, 2.75) is 5.16 Å². The molecule has 0 atom stereocenters. The second-order valence-corrected chi connectivity index (χ2v) is 7.18. The Kier molecular flexibility index (Phi) is 5.38. The third kappa shape index (κ3) is 4.06. The number of tetrazole rings is 1. The summed E-state index contributed by atoms with van der Waals surface area (Å²) in [5, 5.41) is 21.6. The van der Waals surface area contributed by atoms with Gasteiger partial charge in [-0.05, 0) is 46.8 Å². The minimum absolute atomic E-state index is 0.0610. The number of aromatic nitrogens is 5. The lowest BCUT2D eigenvalue weighted by atomic mass is 10.3. The van der Waals surface area contributed by atoms with E-state index in [4.69, 9.17) is 0 Å². The maximum Gasteiger partial charge on any atom is 0.233 e. The molecule has 144 valence electrons. The highest BCUT2D eigenvalue weighted by molar-refractivity contribution is 7.99. The molecule has 0 unspecified atom stereocenters. The molecule has 1 fully saturated rings. The third-order valence-corrected chi connectivity index (χ3v) is 5.37. The van der Waals surface area contributed by atoms with Crippen LogP contribution < -0.4 is 4.90 Å². The fraction of sp³-hybridized carbons (Fsp3) is 0.278. The number of anilines is 1. The molecule has 9 nitrogen and oxygen atoms in total. The molecule has 0 saturated carbocycles. The molecule has 4 rings (SSSR count). The number of carbonyl (C=O) groups is 1. The number of piperazine rings is 1. The summed E-state index contributed by atoms with van der Waals surface area (Å²) in [6, 6.07) is 12.4. The van der Waals surface area contributed by atoms with E-state index in [1.165, 1.54) is 11.8 Å². The molecule has 1 amide bonds. The van der Waals surface area contributed by atoms with Crippen molar-refractivity contribution < 1.29 is 9.90 Å². The minimum Gasteiger partial charge on any atom is -0.508 e. The normalized spacial score (nSPS) is 14.3. The van der Waals surface area contributed by atoms with Crippen molar-refractivity contribution in [3.8, 4) is 11.4 Å². The fourth-order valence-electron chi connectivity index (χ4n) is 2.97. The maximum absolute atomic E-state index is 12.6. The summed E-state index contributed by atoms with van der Waals surface area (Å²) in [5.41, 5.74) is 0.724. The van der Waals surface area contributed by atoms with Gasteiger partial charge in [0.25, 0.3) is 0 Å². The van der Waals surface area contributed by atoms with Gasteiger partial charge in [-0.2, -0.15) is 4.68 Å². The highest BCUT2D eigenvalue weighted by atomic mass is 32.2. The van der Waals surface area contributed by atoms with Gasteiger partial charge in [0.2, 0.25) is 11.1 Å². The van der Waals surface area contributed by atoms with E-state index in [9.17, 15) is 9.90 Å². The third-order valence-electron chi connectivity index (χ3n) is 4.47. The largest absolute Gasteiger partial charge is 0.508 e. The molecule has 1 aromatic carbocycles. The van der Waals surface area contributed by atoms with E-state index in [1.54, 1.807) is 35.1 Å². The Hall–Kier alpha value is -3.14. The van der Waals surface area contributed by atoms with Crippen LogP contribution in [-0.4, -0.2) is 73.0 Å². The lowest BCUT2D eigenvalue weighted by Gasteiger charge is -2.35. The van der Waals surface area contributed by atoms with Crippen LogP contribution in [-0.2, 0) is 4.79 Å². The molecule has 28 heavy (non-hydrogen) atoms. The van der Waals surface area contributed by atoms with Crippen LogP contribution in [0.25, 0.3) is 5.69 Å². The second kappa shape index (κ2) is 8.26. The van der Waals surface area contributed by atoms with E-state index in [0.29, 0.717) is 18.2 Å². The van der Waals surface area contributed by atoms with Gasteiger partial charge in [0, 0.05) is 32.4 Å². The Morgan fingerprint density at radius 2 is 1.86 bits per heavy atom. The van der Waals surface area contributed by atoms with Crippen LogP contribution in [0.1, 0.15) is 0 Å². The molecule has 1 aliphatic heterocycles. The lowest BCUT2D eigenvalue weighted by molar-refractivity contribution is -0.128. The monoisotopic (exact) mass is 397 g/mol. The Labute approximate surface area is 166 Å². The predicted molar refractivity (Wildman–Crippen MR) is 105 cm³/mol. The fourth-order valence-corrected chi connectivity index (χ4v) is 3.76. The van der Waals surface area contributed by atoms with Gasteiger partial charge >= 0.3 is 0 Å². The van der Waals surface area contributed by atoms with E-state index in [-0.39, 0.29) is 17.4 Å². The van der Waals surface area contributed by atoms with Crippen LogP contribution >= 0.6 is 11.8 Å². The van der Waals surface area contributed by atoms with Crippen molar-refractivity contribution in [1.82, 2.24) is 30.1 Å². The Morgan fingerprint density at radius 1 is 1.07 bits per heavy atom. The topological polar surface area (TPSA) is 100 Å². The van der Waals surface area contributed by atoms with Gasteiger partial charge in [0.05, 0.1) is 11.4 Å². The molecular weight excluding hydrogens is 378 g/mol. The molecular formula is C18H19N7O2S. The van der Waals surface area contributed by atoms with Crippen molar-refractivity contribution in [2.24, 2.45) is 0 Å².